The number of hydrogen-bond acceptors (Lipinski definition) is 3. The number of nitrogens with one attached hydrogen (secondary N) is 1. The lowest BCUT2D eigenvalue weighted by atomic mass is 10.2. The second kappa shape index (κ2) is 5.46. The van der Waals surface area contributed by atoms with Crippen LogP contribution in [0.25, 0.3) is 6.08 Å². The van der Waals surface area contributed by atoms with Crippen LogP contribution in [0, 0.1) is 6.92 Å². The maximum atomic E-state index is 12.4. The fourth-order valence-corrected chi connectivity index (χ4v) is 3.24. The summed E-state index contributed by atoms with van der Waals surface area (Å²) in [6.45, 7) is 1.98. The van der Waals surface area contributed by atoms with Crippen LogP contribution in [0.5, 0.6) is 0 Å². The SMILES string of the molecule is Cc1ccc(/C=C2\C(=O)NN(c3cccc(Br)c3)C2=O)s1. The van der Waals surface area contributed by atoms with Crippen molar-refractivity contribution in [1.29, 1.82) is 0 Å². The summed E-state index contributed by atoms with van der Waals surface area (Å²) in [6.07, 6.45) is 1.63. The lowest BCUT2D eigenvalue weighted by Crippen LogP contribution is -2.35. The van der Waals surface area contributed by atoms with Crippen molar-refractivity contribution in [1.82, 2.24) is 5.43 Å². The third-order valence-corrected chi connectivity index (χ3v) is 4.45. The summed E-state index contributed by atoms with van der Waals surface area (Å²) in [5.41, 5.74) is 3.35. The van der Waals surface area contributed by atoms with Crippen molar-refractivity contribution in [3.05, 3.63) is 56.2 Å². The minimum absolute atomic E-state index is 0.150. The van der Waals surface area contributed by atoms with Crippen molar-refractivity contribution in [3.63, 3.8) is 0 Å². The van der Waals surface area contributed by atoms with Crippen LogP contribution in [0.2, 0.25) is 0 Å². The average Bonchev–Trinajstić information content (AvgIpc) is 2.97. The van der Waals surface area contributed by atoms with Gasteiger partial charge in [-0.1, -0.05) is 22.0 Å². The fraction of sp³-hybridized carbons (Fsp3) is 0.0667. The highest BCUT2D eigenvalue weighted by Crippen LogP contribution is 2.25. The Hall–Kier alpha value is -1.92. The summed E-state index contributed by atoms with van der Waals surface area (Å²) in [5, 5.41) is 1.26. The summed E-state index contributed by atoms with van der Waals surface area (Å²) in [7, 11) is 0. The molecule has 1 aromatic heterocycles. The topological polar surface area (TPSA) is 49.4 Å². The van der Waals surface area contributed by atoms with Crippen LogP contribution in [-0.4, -0.2) is 11.8 Å². The van der Waals surface area contributed by atoms with E-state index < -0.39 is 0 Å². The average molecular weight is 363 g/mol. The molecule has 3 rings (SSSR count). The van der Waals surface area contributed by atoms with Gasteiger partial charge in [-0.15, -0.1) is 11.3 Å². The molecule has 0 bridgehead atoms. The van der Waals surface area contributed by atoms with Gasteiger partial charge in [-0.3, -0.25) is 15.0 Å². The summed E-state index contributed by atoms with van der Waals surface area (Å²) in [6, 6.07) is 11.1. The number of benzene rings is 1. The molecule has 1 aliphatic heterocycles. The molecule has 1 fully saturated rings. The highest BCUT2D eigenvalue weighted by atomic mass is 79.9. The molecule has 1 N–H and O–H groups in total. The van der Waals surface area contributed by atoms with Crippen molar-refractivity contribution >= 4 is 50.8 Å². The van der Waals surface area contributed by atoms with E-state index in [0.29, 0.717) is 5.69 Å². The first-order valence-corrected chi connectivity index (χ1v) is 7.85. The van der Waals surface area contributed by atoms with E-state index in [1.807, 2.05) is 31.2 Å². The molecule has 1 saturated heterocycles. The smallest absolute Gasteiger partial charge is 0.267 e. The largest absolute Gasteiger partial charge is 0.282 e. The lowest BCUT2D eigenvalue weighted by molar-refractivity contribution is -0.117. The Balaban J connectivity index is 1.94. The van der Waals surface area contributed by atoms with E-state index in [1.165, 1.54) is 5.01 Å². The first kappa shape index (κ1) is 14.0. The number of hydrazine groups is 1. The standard InChI is InChI=1S/C15H11BrN2O2S/c1-9-5-6-12(21-9)8-13-14(19)17-18(15(13)20)11-4-2-3-10(16)7-11/h2-8H,1H3,(H,17,19)/b13-8+. The van der Waals surface area contributed by atoms with Gasteiger partial charge in [-0.05, 0) is 43.3 Å². The van der Waals surface area contributed by atoms with E-state index in [-0.39, 0.29) is 17.4 Å². The van der Waals surface area contributed by atoms with E-state index in [4.69, 9.17) is 0 Å². The molecular weight excluding hydrogens is 352 g/mol. The van der Waals surface area contributed by atoms with E-state index in [1.54, 1.807) is 29.5 Å². The van der Waals surface area contributed by atoms with Crippen LogP contribution in [0.1, 0.15) is 9.75 Å². The van der Waals surface area contributed by atoms with Crippen LogP contribution < -0.4 is 10.4 Å². The molecule has 0 spiro atoms. The molecule has 4 nitrogen and oxygen atoms in total. The zero-order valence-corrected chi connectivity index (χ0v) is 13.5. The first-order chi connectivity index (χ1) is 10.0. The van der Waals surface area contributed by atoms with E-state index >= 15 is 0 Å². The first-order valence-electron chi connectivity index (χ1n) is 6.24. The van der Waals surface area contributed by atoms with Gasteiger partial charge in [0.15, 0.2) is 0 Å². The highest BCUT2D eigenvalue weighted by molar-refractivity contribution is 9.10. The highest BCUT2D eigenvalue weighted by Gasteiger charge is 2.34. The number of anilines is 1. The molecule has 0 atom stereocenters. The number of halogens is 1. The zero-order chi connectivity index (χ0) is 15.0. The predicted octanol–water partition coefficient (Wildman–Crippen LogP) is 3.28. The molecule has 2 aromatic rings. The molecule has 1 aliphatic rings. The molecule has 106 valence electrons. The van der Waals surface area contributed by atoms with Gasteiger partial charge in [-0.2, -0.15) is 0 Å². The molecule has 2 amide bonds. The Kier molecular flexibility index (Phi) is 3.65. The third kappa shape index (κ3) is 2.77. The summed E-state index contributed by atoms with van der Waals surface area (Å²) in [5.74, 6) is -0.727. The summed E-state index contributed by atoms with van der Waals surface area (Å²) in [4.78, 5) is 26.4. The van der Waals surface area contributed by atoms with Gasteiger partial charge in [0, 0.05) is 14.2 Å². The van der Waals surface area contributed by atoms with Gasteiger partial charge in [-0.25, -0.2) is 5.01 Å². The Labute approximate surface area is 134 Å². The van der Waals surface area contributed by atoms with Gasteiger partial charge >= 0.3 is 0 Å². The third-order valence-electron chi connectivity index (χ3n) is 3.01. The molecule has 0 aliphatic carbocycles. The Morgan fingerprint density at radius 1 is 1.24 bits per heavy atom. The van der Waals surface area contributed by atoms with Crippen LogP contribution in [0.4, 0.5) is 5.69 Å². The minimum atomic E-state index is -0.383. The van der Waals surface area contributed by atoms with Gasteiger partial charge in [0.2, 0.25) is 0 Å². The van der Waals surface area contributed by atoms with Crippen molar-refractivity contribution < 1.29 is 9.59 Å². The van der Waals surface area contributed by atoms with Gasteiger partial charge in [0.05, 0.1) is 5.69 Å². The second-order valence-electron chi connectivity index (χ2n) is 4.57. The molecule has 0 radical (unpaired) electrons. The Morgan fingerprint density at radius 3 is 2.71 bits per heavy atom. The lowest BCUT2D eigenvalue weighted by Gasteiger charge is -2.14. The summed E-state index contributed by atoms with van der Waals surface area (Å²) < 4.78 is 0.841. The van der Waals surface area contributed by atoms with Crippen LogP contribution in [0.3, 0.4) is 0 Å². The Bertz CT molecular complexity index is 767. The number of aryl methyl sites for hydroxylation is 1. The van der Waals surface area contributed by atoms with Crippen molar-refractivity contribution in [2.75, 3.05) is 5.01 Å². The number of amides is 2. The normalized spacial score (nSPS) is 16.7. The molecule has 0 saturated carbocycles. The van der Waals surface area contributed by atoms with Gasteiger partial charge < -0.3 is 0 Å². The minimum Gasteiger partial charge on any atom is -0.267 e. The number of thiophene rings is 1. The van der Waals surface area contributed by atoms with Gasteiger partial charge in [0.25, 0.3) is 11.8 Å². The number of hydrogen-bond donors (Lipinski definition) is 1. The number of carbonyl (C=O) groups is 2. The van der Waals surface area contributed by atoms with E-state index in [0.717, 1.165) is 14.2 Å². The van der Waals surface area contributed by atoms with Crippen molar-refractivity contribution in [3.8, 4) is 0 Å². The molecule has 6 heteroatoms. The van der Waals surface area contributed by atoms with Crippen molar-refractivity contribution in [2.45, 2.75) is 6.92 Å². The van der Waals surface area contributed by atoms with Crippen LogP contribution in [-0.2, 0) is 9.59 Å². The second-order valence-corrected chi connectivity index (χ2v) is 6.80. The van der Waals surface area contributed by atoms with E-state index in [2.05, 4.69) is 21.4 Å². The number of carbonyl (C=O) groups excluding carboxylic acids is 2. The quantitative estimate of drug-likeness (QED) is 0.658. The molecule has 0 unspecified atom stereocenters. The fourth-order valence-electron chi connectivity index (χ4n) is 2.03. The Morgan fingerprint density at radius 2 is 2.05 bits per heavy atom. The molecule has 2 heterocycles. The monoisotopic (exact) mass is 362 g/mol. The van der Waals surface area contributed by atoms with Crippen LogP contribution in [0.15, 0.2) is 46.4 Å². The maximum Gasteiger partial charge on any atom is 0.282 e. The number of rotatable bonds is 2. The van der Waals surface area contributed by atoms with Gasteiger partial charge in [0.1, 0.15) is 5.57 Å². The zero-order valence-electron chi connectivity index (χ0n) is 11.1. The number of nitrogens with zero attached hydrogens (tertiary/aromatic N) is 1. The molecular formula is C15H11BrN2O2S. The van der Waals surface area contributed by atoms with Crippen molar-refractivity contribution in [2.24, 2.45) is 0 Å². The van der Waals surface area contributed by atoms with Crippen LogP contribution >= 0.6 is 27.3 Å². The summed E-state index contributed by atoms with van der Waals surface area (Å²) >= 11 is 4.90. The molecule has 21 heavy (non-hydrogen) atoms. The predicted molar refractivity (Wildman–Crippen MR) is 86.8 cm³/mol. The molecule has 1 aromatic carbocycles. The van der Waals surface area contributed by atoms with E-state index in [9.17, 15) is 9.59 Å². The maximum absolute atomic E-state index is 12.4.